The summed E-state index contributed by atoms with van der Waals surface area (Å²) in [5.41, 5.74) is 1.59. The zero-order chi connectivity index (χ0) is 10.7. The highest BCUT2D eigenvalue weighted by Crippen LogP contribution is 2.16. The van der Waals surface area contributed by atoms with Crippen molar-refractivity contribution in [3.63, 3.8) is 0 Å². The average molecular weight is 198 g/mol. The number of nitrogens with zero attached hydrogens (tertiary/aromatic N) is 3. The third-order valence-electron chi connectivity index (χ3n) is 2.17. The molecule has 0 saturated carbocycles. The van der Waals surface area contributed by atoms with Crippen LogP contribution in [0.4, 0.5) is 0 Å². The molecule has 1 atom stereocenters. The van der Waals surface area contributed by atoms with Gasteiger partial charge in [0.25, 0.3) is 0 Å². The molecule has 0 aliphatic carbocycles. The maximum absolute atomic E-state index is 9.72. The van der Waals surface area contributed by atoms with E-state index in [0.29, 0.717) is 12.2 Å². The Morgan fingerprint density at radius 2 is 2.14 bits per heavy atom. The van der Waals surface area contributed by atoms with Gasteiger partial charge in [0.2, 0.25) is 0 Å². The van der Waals surface area contributed by atoms with Gasteiger partial charge in [-0.1, -0.05) is 5.21 Å². The van der Waals surface area contributed by atoms with Crippen molar-refractivity contribution in [3.8, 4) is 0 Å². The monoisotopic (exact) mass is 198 g/mol. The second kappa shape index (κ2) is 4.52. The smallest absolute Gasteiger partial charge is 0.115 e. The Morgan fingerprint density at radius 1 is 1.50 bits per heavy atom. The predicted molar refractivity (Wildman–Crippen MR) is 54.0 cm³/mol. The van der Waals surface area contributed by atoms with Crippen LogP contribution < -0.4 is 5.32 Å². The molecular formula is C9H18N4O. The lowest BCUT2D eigenvalue weighted by Gasteiger charge is -2.09. The highest BCUT2D eigenvalue weighted by molar-refractivity contribution is 5.11. The topological polar surface area (TPSA) is 63.0 Å². The lowest BCUT2D eigenvalue weighted by Crippen LogP contribution is -2.18. The Labute approximate surface area is 84.1 Å². The summed E-state index contributed by atoms with van der Waals surface area (Å²) >= 11 is 0. The first-order chi connectivity index (χ1) is 6.57. The van der Waals surface area contributed by atoms with Gasteiger partial charge in [-0.15, -0.1) is 5.10 Å². The maximum Gasteiger partial charge on any atom is 0.115 e. The summed E-state index contributed by atoms with van der Waals surface area (Å²) in [6.07, 6.45) is -0.576. The molecule has 1 rings (SSSR count). The van der Waals surface area contributed by atoms with E-state index in [2.05, 4.69) is 15.6 Å². The van der Waals surface area contributed by atoms with Gasteiger partial charge in [-0.25, -0.2) is 4.68 Å². The standard InChI is InChI=1S/C9H18N4O/c1-6(2)13-7(3)9(11-12-13)8(14)5-10-4/h6,8,10,14H,5H2,1-4H3. The lowest BCUT2D eigenvalue weighted by molar-refractivity contribution is 0.172. The largest absolute Gasteiger partial charge is 0.385 e. The second-order valence-corrected chi connectivity index (χ2v) is 3.67. The zero-order valence-corrected chi connectivity index (χ0v) is 9.15. The van der Waals surface area contributed by atoms with E-state index in [1.807, 2.05) is 25.5 Å². The molecule has 1 aromatic rings. The molecule has 0 aromatic carbocycles. The summed E-state index contributed by atoms with van der Waals surface area (Å²) in [5.74, 6) is 0. The fraction of sp³-hybridized carbons (Fsp3) is 0.778. The van der Waals surface area contributed by atoms with Crippen molar-refractivity contribution < 1.29 is 5.11 Å². The van der Waals surface area contributed by atoms with E-state index in [-0.39, 0.29) is 6.04 Å². The highest BCUT2D eigenvalue weighted by Gasteiger charge is 2.17. The Morgan fingerprint density at radius 3 is 2.57 bits per heavy atom. The summed E-state index contributed by atoms with van der Waals surface area (Å²) in [5, 5.41) is 20.6. The number of hydrogen-bond donors (Lipinski definition) is 2. The Hall–Kier alpha value is -0.940. The molecule has 0 bridgehead atoms. The van der Waals surface area contributed by atoms with Gasteiger partial charge >= 0.3 is 0 Å². The molecule has 2 N–H and O–H groups in total. The van der Waals surface area contributed by atoms with Crippen LogP contribution in [0.1, 0.15) is 37.4 Å². The minimum Gasteiger partial charge on any atom is -0.385 e. The van der Waals surface area contributed by atoms with Gasteiger partial charge in [-0.3, -0.25) is 0 Å². The van der Waals surface area contributed by atoms with Crippen LogP contribution in [0.2, 0.25) is 0 Å². The van der Waals surface area contributed by atoms with Gasteiger partial charge in [-0.05, 0) is 27.8 Å². The number of hydrogen-bond acceptors (Lipinski definition) is 4. The first-order valence-electron chi connectivity index (χ1n) is 4.82. The van der Waals surface area contributed by atoms with E-state index in [9.17, 15) is 5.11 Å². The fourth-order valence-electron chi connectivity index (χ4n) is 1.44. The van der Waals surface area contributed by atoms with Crippen LogP contribution in [0.3, 0.4) is 0 Å². The van der Waals surface area contributed by atoms with Crippen LogP contribution in [0.5, 0.6) is 0 Å². The second-order valence-electron chi connectivity index (χ2n) is 3.67. The quantitative estimate of drug-likeness (QED) is 0.736. The summed E-state index contributed by atoms with van der Waals surface area (Å²) in [6.45, 7) is 6.50. The molecule has 80 valence electrons. The number of likely N-dealkylation sites (N-methyl/N-ethyl adjacent to an activating group) is 1. The average Bonchev–Trinajstić information content (AvgIpc) is 2.47. The minimum absolute atomic E-state index is 0.276. The molecule has 0 aliphatic rings. The Balaban J connectivity index is 2.89. The van der Waals surface area contributed by atoms with Crippen molar-refractivity contribution in [1.82, 2.24) is 20.3 Å². The van der Waals surface area contributed by atoms with Crippen molar-refractivity contribution in [2.75, 3.05) is 13.6 Å². The molecule has 0 radical (unpaired) electrons. The van der Waals surface area contributed by atoms with Crippen LogP contribution in [0, 0.1) is 6.92 Å². The van der Waals surface area contributed by atoms with Crippen molar-refractivity contribution in [3.05, 3.63) is 11.4 Å². The first kappa shape index (κ1) is 11.1. The van der Waals surface area contributed by atoms with Crippen LogP contribution in [-0.4, -0.2) is 33.7 Å². The molecule has 1 heterocycles. The van der Waals surface area contributed by atoms with Gasteiger partial charge in [0.15, 0.2) is 0 Å². The number of nitrogens with one attached hydrogen (secondary N) is 1. The predicted octanol–water partition coefficient (Wildman–Crippen LogP) is 0.420. The number of aliphatic hydroxyl groups is 1. The van der Waals surface area contributed by atoms with Crippen molar-refractivity contribution in [2.24, 2.45) is 0 Å². The normalized spacial score (nSPS) is 13.6. The SMILES string of the molecule is CNCC(O)c1nnn(C(C)C)c1C. The molecule has 0 aliphatic heterocycles. The van der Waals surface area contributed by atoms with Gasteiger partial charge in [0, 0.05) is 12.6 Å². The molecule has 0 amide bonds. The molecule has 0 spiro atoms. The minimum atomic E-state index is -0.576. The molecule has 1 aromatic heterocycles. The molecule has 5 nitrogen and oxygen atoms in total. The molecule has 0 saturated heterocycles. The van der Waals surface area contributed by atoms with Crippen molar-refractivity contribution >= 4 is 0 Å². The van der Waals surface area contributed by atoms with E-state index in [4.69, 9.17) is 0 Å². The van der Waals surface area contributed by atoms with E-state index in [0.717, 1.165) is 5.69 Å². The fourth-order valence-corrected chi connectivity index (χ4v) is 1.44. The molecule has 5 heteroatoms. The third-order valence-corrected chi connectivity index (χ3v) is 2.17. The van der Waals surface area contributed by atoms with Crippen LogP contribution in [-0.2, 0) is 0 Å². The zero-order valence-electron chi connectivity index (χ0n) is 9.15. The van der Waals surface area contributed by atoms with Crippen LogP contribution in [0.15, 0.2) is 0 Å². The van der Waals surface area contributed by atoms with Crippen molar-refractivity contribution in [1.29, 1.82) is 0 Å². The third kappa shape index (κ3) is 2.10. The van der Waals surface area contributed by atoms with Gasteiger partial charge in [-0.2, -0.15) is 0 Å². The molecule has 1 unspecified atom stereocenters. The van der Waals surface area contributed by atoms with E-state index < -0.39 is 6.10 Å². The van der Waals surface area contributed by atoms with Gasteiger partial charge < -0.3 is 10.4 Å². The highest BCUT2D eigenvalue weighted by atomic mass is 16.3. The molecule has 0 fully saturated rings. The summed E-state index contributed by atoms with van der Waals surface area (Å²) in [4.78, 5) is 0. The summed E-state index contributed by atoms with van der Waals surface area (Å²) in [7, 11) is 1.80. The molecule has 14 heavy (non-hydrogen) atoms. The van der Waals surface area contributed by atoms with E-state index in [1.165, 1.54) is 0 Å². The van der Waals surface area contributed by atoms with Crippen LogP contribution >= 0.6 is 0 Å². The first-order valence-corrected chi connectivity index (χ1v) is 4.82. The Bertz CT molecular complexity index is 295. The number of aromatic nitrogens is 3. The number of rotatable bonds is 4. The van der Waals surface area contributed by atoms with Crippen LogP contribution in [0.25, 0.3) is 0 Å². The van der Waals surface area contributed by atoms with E-state index in [1.54, 1.807) is 7.05 Å². The maximum atomic E-state index is 9.72. The van der Waals surface area contributed by atoms with Gasteiger partial charge in [0.1, 0.15) is 11.8 Å². The van der Waals surface area contributed by atoms with Gasteiger partial charge in [0.05, 0.1) is 5.69 Å². The van der Waals surface area contributed by atoms with E-state index >= 15 is 0 Å². The summed E-state index contributed by atoms with van der Waals surface area (Å²) < 4.78 is 1.81. The molecular weight excluding hydrogens is 180 g/mol. The number of aliphatic hydroxyl groups excluding tert-OH is 1. The Kier molecular flexibility index (Phi) is 3.60. The summed E-state index contributed by atoms with van der Waals surface area (Å²) in [6, 6.07) is 0.276. The van der Waals surface area contributed by atoms with Crippen molar-refractivity contribution in [2.45, 2.75) is 32.9 Å². The lowest BCUT2D eigenvalue weighted by atomic mass is 10.2.